The van der Waals surface area contributed by atoms with Crippen molar-refractivity contribution in [2.24, 2.45) is 0 Å². The average Bonchev–Trinajstić information content (AvgIpc) is 2.70. The number of ether oxygens (including phenoxy) is 2. The van der Waals surface area contributed by atoms with Crippen LogP contribution >= 0.6 is 0 Å². The van der Waals surface area contributed by atoms with E-state index in [-0.39, 0.29) is 12.4 Å². The highest BCUT2D eigenvalue weighted by Gasteiger charge is 2.20. The van der Waals surface area contributed by atoms with Crippen LogP contribution < -0.4 is 4.74 Å². The van der Waals surface area contributed by atoms with Gasteiger partial charge < -0.3 is 9.47 Å². The summed E-state index contributed by atoms with van der Waals surface area (Å²) in [6, 6.07) is 17.3. The van der Waals surface area contributed by atoms with E-state index >= 15 is 0 Å². The third-order valence-electron chi connectivity index (χ3n) is 4.29. The second kappa shape index (κ2) is 7.66. The lowest BCUT2D eigenvalue weighted by atomic mass is 9.91. The minimum absolute atomic E-state index is 0.220. The molecule has 130 valence electrons. The number of aryl methyl sites for hydroxylation is 1. The Kier molecular flexibility index (Phi) is 5.14. The molecule has 3 rings (SSSR count). The van der Waals surface area contributed by atoms with Gasteiger partial charge in [-0.25, -0.2) is 4.98 Å². The molecule has 0 aliphatic carbocycles. The van der Waals surface area contributed by atoms with E-state index in [1.54, 1.807) is 7.11 Å². The summed E-state index contributed by atoms with van der Waals surface area (Å²) < 4.78 is 10.3. The summed E-state index contributed by atoms with van der Waals surface area (Å²) in [6.45, 7) is 0. The molecule has 0 saturated heterocycles. The molecular formula is C21H18N2O3. The van der Waals surface area contributed by atoms with Crippen molar-refractivity contribution in [3.05, 3.63) is 59.8 Å². The van der Waals surface area contributed by atoms with Gasteiger partial charge in [0.1, 0.15) is 17.5 Å². The monoisotopic (exact) mass is 346 g/mol. The Morgan fingerprint density at radius 2 is 1.85 bits per heavy atom. The Morgan fingerprint density at radius 3 is 2.58 bits per heavy atom. The molecule has 0 bridgehead atoms. The number of fused-ring (bicyclic) bond motifs is 1. The number of hydrogen-bond acceptors (Lipinski definition) is 5. The number of carbonyl (C=O) groups excluding carboxylic acids is 1. The van der Waals surface area contributed by atoms with Crippen LogP contribution in [0.3, 0.4) is 0 Å². The predicted molar refractivity (Wildman–Crippen MR) is 98.8 cm³/mol. The van der Waals surface area contributed by atoms with Crippen molar-refractivity contribution in [2.45, 2.75) is 12.8 Å². The first-order valence-corrected chi connectivity index (χ1v) is 8.21. The average molecular weight is 346 g/mol. The highest BCUT2D eigenvalue weighted by Crippen LogP contribution is 2.37. The van der Waals surface area contributed by atoms with Crippen LogP contribution in [-0.4, -0.2) is 25.2 Å². The van der Waals surface area contributed by atoms with E-state index < -0.39 is 0 Å². The van der Waals surface area contributed by atoms with Gasteiger partial charge in [-0.2, -0.15) is 5.26 Å². The van der Waals surface area contributed by atoms with E-state index in [4.69, 9.17) is 9.47 Å². The molecule has 0 unspecified atom stereocenters. The third-order valence-corrected chi connectivity index (χ3v) is 4.29. The van der Waals surface area contributed by atoms with Gasteiger partial charge >= 0.3 is 5.97 Å². The number of aromatic nitrogens is 1. The van der Waals surface area contributed by atoms with E-state index in [0.717, 1.165) is 22.0 Å². The first-order chi connectivity index (χ1) is 12.7. The Balaban J connectivity index is 2.32. The quantitative estimate of drug-likeness (QED) is 0.655. The molecule has 0 N–H and O–H groups in total. The summed E-state index contributed by atoms with van der Waals surface area (Å²) in [6.07, 6.45) is 0.662. The number of rotatable bonds is 5. The third kappa shape index (κ3) is 3.22. The largest absolute Gasteiger partial charge is 0.496 e. The molecular weight excluding hydrogens is 328 g/mol. The lowest BCUT2D eigenvalue weighted by Crippen LogP contribution is -2.06. The van der Waals surface area contributed by atoms with Crippen LogP contribution in [0.25, 0.3) is 22.0 Å². The second-order valence-electron chi connectivity index (χ2n) is 5.72. The Labute approximate surface area is 151 Å². The van der Waals surface area contributed by atoms with Gasteiger partial charge in [0, 0.05) is 22.9 Å². The lowest BCUT2D eigenvalue weighted by Gasteiger charge is -2.16. The van der Waals surface area contributed by atoms with Crippen LogP contribution in [0.2, 0.25) is 0 Å². The minimum atomic E-state index is -0.296. The van der Waals surface area contributed by atoms with Crippen molar-refractivity contribution >= 4 is 16.9 Å². The normalized spacial score (nSPS) is 10.3. The first kappa shape index (κ1) is 17.4. The number of pyridine rings is 1. The number of carbonyl (C=O) groups is 1. The molecule has 1 heterocycles. The summed E-state index contributed by atoms with van der Waals surface area (Å²) in [5.41, 5.74) is 3.41. The molecule has 0 amide bonds. The van der Waals surface area contributed by atoms with Crippen LogP contribution in [0, 0.1) is 11.3 Å². The molecule has 5 heteroatoms. The van der Waals surface area contributed by atoms with Gasteiger partial charge in [0.2, 0.25) is 0 Å². The Morgan fingerprint density at radius 1 is 1.12 bits per heavy atom. The van der Waals surface area contributed by atoms with Gasteiger partial charge in [0.05, 0.1) is 19.7 Å². The fourth-order valence-electron chi connectivity index (χ4n) is 3.09. The minimum Gasteiger partial charge on any atom is -0.496 e. The smallest absolute Gasteiger partial charge is 0.305 e. The molecule has 26 heavy (non-hydrogen) atoms. The van der Waals surface area contributed by atoms with Crippen molar-refractivity contribution in [3.63, 3.8) is 0 Å². The number of hydrogen-bond donors (Lipinski definition) is 0. The fourth-order valence-corrected chi connectivity index (χ4v) is 3.09. The maximum Gasteiger partial charge on any atom is 0.305 e. The van der Waals surface area contributed by atoms with Crippen LogP contribution in [-0.2, 0) is 16.0 Å². The Hall–Kier alpha value is -3.39. The number of esters is 1. The SMILES string of the molecule is COC(=O)CCc1c(-c2ccccc2OC)c(C#N)nc2ccccc12. The van der Waals surface area contributed by atoms with Crippen LogP contribution in [0.15, 0.2) is 48.5 Å². The highest BCUT2D eigenvalue weighted by molar-refractivity contribution is 5.92. The van der Waals surface area contributed by atoms with Gasteiger partial charge in [-0.15, -0.1) is 0 Å². The molecule has 0 radical (unpaired) electrons. The van der Waals surface area contributed by atoms with Crippen LogP contribution in [0.5, 0.6) is 5.75 Å². The van der Waals surface area contributed by atoms with Crippen molar-refractivity contribution in [3.8, 4) is 22.9 Å². The zero-order valence-electron chi connectivity index (χ0n) is 14.7. The van der Waals surface area contributed by atoms with E-state index in [2.05, 4.69) is 11.1 Å². The predicted octanol–water partition coefficient (Wildman–Crippen LogP) is 3.89. The Bertz CT molecular complexity index is 1010. The van der Waals surface area contributed by atoms with Gasteiger partial charge in [0.15, 0.2) is 0 Å². The van der Waals surface area contributed by atoms with Crippen molar-refractivity contribution in [1.82, 2.24) is 4.98 Å². The fraction of sp³-hybridized carbons (Fsp3) is 0.190. The zero-order valence-corrected chi connectivity index (χ0v) is 14.7. The number of nitriles is 1. The second-order valence-corrected chi connectivity index (χ2v) is 5.72. The summed E-state index contributed by atoms with van der Waals surface area (Å²) in [5.74, 6) is 0.357. The van der Waals surface area contributed by atoms with E-state index in [1.807, 2.05) is 48.5 Å². The van der Waals surface area contributed by atoms with E-state index in [1.165, 1.54) is 7.11 Å². The maximum absolute atomic E-state index is 11.7. The molecule has 0 saturated carbocycles. The van der Waals surface area contributed by atoms with Crippen molar-refractivity contribution < 1.29 is 14.3 Å². The molecule has 0 spiro atoms. The van der Waals surface area contributed by atoms with Gasteiger partial charge in [-0.1, -0.05) is 36.4 Å². The number of para-hydroxylation sites is 2. The standard InChI is InChI=1S/C21H18N2O3/c1-25-19-10-6-4-8-16(19)21-15(11-12-20(24)26-2)14-7-3-5-9-17(14)23-18(21)13-22/h3-10H,11-12H2,1-2H3. The van der Waals surface area contributed by atoms with Gasteiger partial charge in [0.25, 0.3) is 0 Å². The molecule has 1 aromatic heterocycles. The number of nitrogens with zero attached hydrogens (tertiary/aromatic N) is 2. The summed E-state index contributed by atoms with van der Waals surface area (Å²) in [7, 11) is 2.96. The van der Waals surface area contributed by atoms with E-state index in [0.29, 0.717) is 23.4 Å². The topological polar surface area (TPSA) is 72.2 Å². The van der Waals surface area contributed by atoms with Gasteiger partial charge in [-0.3, -0.25) is 4.79 Å². The maximum atomic E-state index is 11.7. The molecule has 0 aliphatic rings. The summed E-state index contributed by atoms with van der Waals surface area (Å²) in [5, 5.41) is 10.6. The highest BCUT2D eigenvalue weighted by atomic mass is 16.5. The lowest BCUT2D eigenvalue weighted by molar-refractivity contribution is -0.140. The summed E-state index contributed by atoms with van der Waals surface area (Å²) in [4.78, 5) is 16.2. The molecule has 5 nitrogen and oxygen atoms in total. The number of methoxy groups -OCH3 is 2. The van der Waals surface area contributed by atoms with Crippen molar-refractivity contribution in [2.75, 3.05) is 14.2 Å². The van der Waals surface area contributed by atoms with Crippen LogP contribution in [0.1, 0.15) is 17.7 Å². The first-order valence-electron chi connectivity index (χ1n) is 8.21. The van der Waals surface area contributed by atoms with Crippen molar-refractivity contribution in [1.29, 1.82) is 5.26 Å². The molecule has 0 fully saturated rings. The summed E-state index contributed by atoms with van der Waals surface area (Å²) >= 11 is 0. The van der Waals surface area contributed by atoms with Gasteiger partial charge in [-0.05, 0) is 24.1 Å². The molecule has 0 atom stereocenters. The molecule has 3 aromatic rings. The van der Waals surface area contributed by atoms with Crippen LogP contribution in [0.4, 0.5) is 0 Å². The molecule has 0 aliphatic heterocycles. The molecule has 2 aromatic carbocycles. The zero-order chi connectivity index (χ0) is 18.5. The number of benzene rings is 2. The van der Waals surface area contributed by atoms with E-state index in [9.17, 15) is 10.1 Å².